The zero-order valence-corrected chi connectivity index (χ0v) is 11.5. The highest BCUT2D eigenvalue weighted by atomic mass is 16.4. The summed E-state index contributed by atoms with van der Waals surface area (Å²) in [6.07, 6.45) is 4.23. The highest BCUT2D eigenvalue weighted by molar-refractivity contribution is 5.46. The smallest absolute Gasteiger partial charge is 0.207 e. The Morgan fingerprint density at radius 3 is 2.31 bits per heavy atom. The average molecular weight is 232 g/mol. The van der Waals surface area contributed by atoms with Gasteiger partial charge in [-0.1, -0.05) is 13.8 Å². The van der Waals surface area contributed by atoms with Crippen LogP contribution in [0.4, 0.5) is 0 Å². The molecule has 0 radical (unpaired) electrons. The summed E-state index contributed by atoms with van der Waals surface area (Å²) in [7, 11) is 5.38. The molecule has 1 unspecified atom stereocenters. The van der Waals surface area contributed by atoms with E-state index in [1.54, 1.807) is 14.2 Å². The molecule has 0 aromatic heterocycles. The summed E-state index contributed by atoms with van der Waals surface area (Å²) in [6, 6.07) is 0.414. The molecule has 0 spiro atoms. The van der Waals surface area contributed by atoms with Crippen LogP contribution in [0, 0.1) is 0 Å². The third kappa shape index (κ3) is 11.5. The van der Waals surface area contributed by atoms with Crippen molar-refractivity contribution in [2.75, 3.05) is 34.4 Å². The summed E-state index contributed by atoms with van der Waals surface area (Å²) in [5, 5.41) is 2.84. The first-order valence-corrected chi connectivity index (χ1v) is 6.03. The molecule has 1 fully saturated rings. The van der Waals surface area contributed by atoms with E-state index in [-0.39, 0.29) is 0 Å². The maximum Gasteiger partial charge on any atom is 0.207 e. The van der Waals surface area contributed by atoms with Gasteiger partial charge in [0, 0.05) is 20.3 Å². The van der Waals surface area contributed by atoms with Crippen molar-refractivity contribution >= 4 is 6.41 Å². The molecule has 1 rings (SSSR count). The first-order chi connectivity index (χ1) is 7.74. The van der Waals surface area contributed by atoms with E-state index in [0.717, 1.165) is 32.3 Å². The Morgan fingerprint density at radius 2 is 1.81 bits per heavy atom. The van der Waals surface area contributed by atoms with E-state index >= 15 is 0 Å². The van der Waals surface area contributed by atoms with Gasteiger partial charge in [-0.05, 0) is 39.4 Å². The van der Waals surface area contributed by atoms with Crippen LogP contribution in [-0.2, 0) is 9.53 Å². The van der Waals surface area contributed by atoms with Gasteiger partial charge in [-0.25, -0.2) is 0 Å². The van der Waals surface area contributed by atoms with E-state index in [4.69, 9.17) is 0 Å². The normalized spacial score (nSPS) is 20.4. The predicted molar refractivity (Wildman–Crippen MR) is 68.6 cm³/mol. The number of carbonyl (C=O) groups is 1. The van der Waals surface area contributed by atoms with E-state index in [1.807, 2.05) is 13.8 Å². The Bertz CT molecular complexity index is 143. The molecule has 0 bridgehead atoms. The molecule has 0 aromatic carbocycles. The molecule has 1 saturated heterocycles. The number of likely N-dealkylation sites (tertiary alicyclic amines) is 1. The minimum atomic E-state index is 0.414. The second kappa shape index (κ2) is 14.4. The number of methoxy groups -OCH3 is 1. The fraction of sp³-hybridized carbons (Fsp3) is 0.917. The predicted octanol–water partition coefficient (Wildman–Crippen LogP) is 1.51. The summed E-state index contributed by atoms with van der Waals surface area (Å²) < 4.78 is 4.25. The molecule has 1 heterocycles. The van der Waals surface area contributed by atoms with Crippen molar-refractivity contribution in [1.82, 2.24) is 10.2 Å². The van der Waals surface area contributed by atoms with E-state index < -0.39 is 0 Å². The molecular formula is C12H28N2O2. The summed E-state index contributed by atoms with van der Waals surface area (Å²) >= 11 is 0. The largest absolute Gasteiger partial charge is 0.388 e. The van der Waals surface area contributed by atoms with Crippen molar-refractivity contribution in [2.24, 2.45) is 0 Å². The van der Waals surface area contributed by atoms with Gasteiger partial charge in [0.25, 0.3) is 0 Å². The first-order valence-electron chi connectivity index (χ1n) is 6.03. The number of nitrogens with one attached hydrogen (secondary N) is 1. The number of hydrogen-bond acceptors (Lipinski definition) is 3. The third-order valence-electron chi connectivity index (χ3n) is 2.26. The highest BCUT2D eigenvalue weighted by Crippen LogP contribution is 2.08. The molecule has 98 valence electrons. The van der Waals surface area contributed by atoms with Gasteiger partial charge >= 0.3 is 0 Å². The SMILES string of the molecule is CC.CN1CCCC(NC=O)CC1.COC. The number of nitrogens with zero attached hydrogens (tertiary/aromatic N) is 1. The van der Waals surface area contributed by atoms with Crippen LogP contribution in [0.5, 0.6) is 0 Å². The molecule has 4 nitrogen and oxygen atoms in total. The van der Waals surface area contributed by atoms with Gasteiger partial charge in [-0.15, -0.1) is 0 Å². The summed E-state index contributed by atoms with van der Waals surface area (Å²) in [4.78, 5) is 12.5. The molecule has 1 aliphatic heterocycles. The quantitative estimate of drug-likeness (QED) is 0.734. The van der Waals surface area contributed by atoms with Gasteiger partial charge in [0.1, 0.15) is 0 Å². The van der Waals surface area contributed by atoms with E-state index in [0.29, 0.717) is 6.04 Å². The minimum Gasteiger partial charge on any atom is -0.388 e. The molecular weight excluding hydrogens is 204 g/mol. The Labute approximate surface area is 100 Å². The monoisotopic (exact) mass is 232 g/mol. The van der Waals surface area contributed by atoms with Crippen molar-refractivity contribution in [2.45, 2.75) is 39.2 Å². The van der Waals surface area contributed by atoms with Crippen molar-refractivity contribution in [3.05, 3.63) is 0 Å². The van der Waals surface area contributed by atoms with Crippen LogP contribution >= 0.6 is 0 Å². The van der Waals surface area contributed by atoms with Gasteiger partial charge in [0.15, 0.2) is 0 Å². The minimum absolute atomic E-state index is 0.414. The molecule has 1 amide bonds. The van der Waals surface area contributed by atoms with Gasteiger partial charge in [-0.2, -0.15) is 0 Å². The van der Waals surface area contributed by atoms with Crippen LogP contribution in [0.2, 0.25) is 0 Å². The lowest BCUT2D eigenvalue weighted by Gasteiger charge is -2.13. The van der Waals surface area contributed by atoms with Gasteiger partial charge in [-0.3, -0.25) is 4.79 Å². The van der Waals surface area contributed by atoms with Gasteiger partial charge in [0.05, 0.1) is 0 Å². The lowest BCUT2D eigenvalue weighted by atomic mass is 10.1. The van der Waals surface area contributed by atoms with Crippen molar-refractivity contribution < 1.29 is 9.53 Å². The Morgan fingerprint density at radius 1 is 1.25 bits per heavy atom. The van der Waals surface area contributed by atoms with Crippen molar-refractivity contribution in [1.29, 1.82) is 0 Å². The topological polar surface area (TPSA) is 41.6 Å². The zero-order chi connectivity index (χ0) is 12.8. The van der Waals surface area contributed by atoms with Gasteiger partial charge < -0.3 is 15.0 Å². The second-order valence-electron chi connectivity index (χ2n) is 3.62. The zero-order valence-electron chi connectivity index (χ0n) is 11.5. The number of hydrogen-bond donors (Lipinski definition) is 1. The van der Waals surface area contributed by atoms with Crippen molar-refractivity contribution in [3.63, 3.8) is 0 Å². The van der Waals surface area contributed by atoms with E-state index in [1.165, 1.54) is 6.42 Å². The van der Waals surface area contributed by atoms with E-state index in [2.05, 4.69) is 22.0 Å². The standard InChI is InChI=1S/C8H16N2O.C2H6O.C2H6/c1-10-5-2-3-8(4-6-10)9-7-11;1-3-2;1-2/h7-8H,2-6H2,1H3,(H,9,11);1-2H3;1-2H3. The number of amides is 1. The Hall–Kier alpha value is -0.610. The van der Waals surface area contributed by atoms with Crippen LogP contribution < -0.4 is 5.32 Å². The number of rotatable bonds is 2. The Kier molecular flexibility index (Phi) is 16.0. The Balaban J connectivity index is 0. The van der Waals surface area contributed by atoms with Gasteiger partial charge in [0.2, 0.25) is 6.41 Å². The first kappa shape index (κ1) is 17.8. The fourth-order valence-electron chi connectivity index (χ4n) is 1.50. The van der Waals surface area contributed by atoms with Crippen LogP contribution in [0.15, 0.2) is 0 Å². The van der Waals surface area contributed by atoms with Crippen molar-refractivity contribution in [3.8, 4) is 0 Å². The highest BCUT2D eigenvalue weighted by Gasteiger charge is 2.12. The van der Waals surface area contributed by atoms with E-state index in [9.17, 15) is 4.79 Å². The van der Waals surface area contributed by atoms with Crippen LogP contribution in [-0.4, -0.2) is 51.7 Å². The fourth-order valence-corrected chi connectivity index (χ4v) is 1.50. The summed E-state index contributed by atoms with van der Waals surface area (Å²) in [5.41, 5.74) is 0. The summed E-state index contributed by atoms with van der Waals surface area (Å²) in [5.74, 6) is 0. The molecule has 1 aliphatic rings. The maximum absolute atomic E-state index is 10.1. The average Bonchev–Trinajstić information content (AvgIpc) is 2.49. The molecule has 0 aliphatic carbocycles. The molecule has 1 atom stereocenters. The third-order valence-corrected chi connectivity index (χ3v) is 2.26. The molecule has 16 heavy (non-hydrogen) atoms. The maximum atomic E-state index is 10.1. The lowest BCUT2D eigenvalue weighted by molar-refractivity contribution is -0.110. The summed E-state index contributed by atoms with van der Waals surface area (Å²) in [6.45, 7) is 6.27. The van der Waals surface area contributed by atoms with Crippen LogP contribution in [0.3, 0.4) is 0 Å². The van der Waals surface area contributed by atoms with Crippen LogP contribution in [0.25, 0.3) is 0 Å². The second-order valence-corrected chi connectivity index (χ2v) is 3.62. The molecule has 0 saturated carbocycles. The number of ether oxygens (including phenoxy) is 1. The van der Waals surface area contributed by atoms with Crippen LogP contribution in [0.1, 0.15) is 33.1 Å². The number of carbonyl (C=O) groups excluding carboxylic acids is 1. The molecule has 0 aromatic rings. The molecule has 1 N–H and O–H groups in total. The molecule has 4 heteroatoms. The lowest BCUT2D eigenvalue weighted by Crippen LogP contribution is -2.28.